The predicted octanol–water partition coefficient (Wildman–Crippen LogP) is 2.28. The first-order chi connectivity index (χ1) is 11.5. The van der Waals surface area contributed by atoms with E-state index < -0.39 is 9.84 Å². The summed E-state index contributed by atoms with van der Waals surface area (Å²) in [6.45, 7) is 5.76. The monoisotopic (exact) mass is 483 g/mol. The van der Waals surface area contributed by atoms with Crippen molar-refractivity contribution in [2.45, 2.75) is 20.3 Å². The standard InChI is InChI=1S/C16H25N3O4S.HI/c1-3-17-16(18-8-11-24(20,21)4-2)19-13-6-7-14-15(12-13)23-10-5-9-22-14;/h6-7,12H,3-5,8-11H2,1-2H3,(H2,17,18,19);1H. The molecule has 1 aliphatic heterocycles. The van der Waals surface area contributed by atoms with Crippen molar-refractivity contribution in [3.63, 3.8) is 0 Å². The van der Waals surface area contributed by atoms with Gasteiger partial charge >= 0.3 is 0 Å². The largest absolute Gasteiger partial charge is 0.490 e. The van der Waals surface area contributed by atoms with Crippen LogP contribution >= 0.6 is 24.0 Å². The molecule has 0 radical (unpaired) electrons. The summed E-state index contributed by atoms with van der Waals surface area (Å²) in [7, 11) is -3.02. The number of nitrogens with zero attached hydrogens (tertiary/aromatic N) is 1. The zero-order valence-corrected chi connectivity index (χ0v) is 17.7. The number of benzene rings is 1. The van der Waals surface area contributed by atoms with Crippen LogP contribution in [-0.4, -0.2) is 52.2 Å². The summed E-state index contributed by atoms with van der Waals surface area (Å²) >= 11 is 0. The number of anilines is 1. The second kappa shape index (κ2) is 10.7. The average Bonchev–Trinajstić information content (AvgIpc) is 2.80. The zero-order valence-electron chi connectivity index (χ0n) is 14.6. The van der Waals surface area contributed by atoms with Gasteiger partial charge in [0.05, 0.1) is 25.5 Å². The van der Waals surface area contributed by atoms with Crippen molar-refractivity contribution in [3.05, 3.63) is 18.2 Å². The molecule has 0 atom stereocenters. The Hall–Kier alpha value is -1.23. The number of rotatable bonds is 6. The molecule has 0 amide bonds. The van der Waals surface area contributed by atoms with Crippen molar-refractivity contribution in [3.8, 4) is 11.5 Å². The molecule has 2 N–H and O–H groups in total. The minimum atomic E-state index is -3.02. The molecule has 1 aromatic carbocycles. The minimum Gasteiger partial charge on any atom is -0.490 e. The van der Waals surface area contributed by atoms with E-state index in [0.717, 1.165) is 17.9 Å². The van der Waals surface area contributed by atoms with Gasteiger partial charge in [0.1, 0.15) is 0 Å². The van der Waals surface area contributed by atoms with Gasteiger partial charge in [0, 0.05) is 30.5 Å². The van der Waals surface area contributed by atoms with Gasteiger partial charge in [0.25, 0.3) is 0 Å². The lowest BCUT2D eigenvalue weighted by Gasteiger charge is -2.13. The molecule has 142 valence electrons. The van der Waals surface area contributed by atoms with Crippen molar-refractivity contribution in [2.75, 3.05) is 43.1 Å². The second-order valence-electron chi connectivity index (χ2n) is 5.33. The average molecular weight is 483 g/mol. The van der Waals surface area contributed by atoms with Gasteiger partial charge in [-0.25, -0.2) is 8.42 Å². The molecular formula is C16H26IN3O4S. The number of nitrogens with one attached hydrogen (secondary N) is 2. The summed E-state index contributed by atoms with van der Waals surface area (Å²) in [6, 6.07) is 5.59. The fraction of sp³-hybridized carbons (Fsp3) is 0.562. The van der Waals surface area contributed by atoms with E-state index in [1.54, 1.807) is 6.92 Å². The lowest BCUT2D eigenvalue weighted by Crippen LogP contribution is -2.31. The topological polar surface area (TPSA) is 89.0 Å². The first-order valence-electron chi connectivity index (χ1n) is 8.19. The Morgan fingerprint density at radius 1 is 1.20 bits per heavy atom. The molecule has 0 spiro atoms. The SMILES string of the molecule is CCNC(=NCCS(=O)(=O)CC)Nc1ccc2c(c1)OCCCO2.I. The Labute approximate surface area is 166 Å². The van der Waals surface area contributed by atoms with Gasteiger partial charge < -0.3 is 20.1 Å². The molecule has 0 fully saturated rings. The summed E-state index contributed by atoms with van der Waals surface area (Å²) in [5.74, 6) is 2.14. The third-order valence-electron chi connectivity index (χ3n) is 3.47. The van der Waals surface area contributed by atoms with Crippen LogP contribution in [0, 0.1) is 0 Å². The van der Waals surface area contributed by atoms with E-state index >= 15 is 0 Å². The van der Waals surface area contributed by atoms with Crippen LogP contribution in [-0.2, 0) is 9.84 Å². The summed E-state index contributed by atoms with van der Waals surface area (Å²) < 4.78 is 34.4. The Bertz CT molecular complexity index is 680. The van der Waals surface area contributed by atoms with Crippen LogP contribution in [0.3, 0.4) is 0 Å². The number of hydrogen-bond donors (Lipinski definition) is 2. The number of guanidine groups is 1. The number of fused-ring (bicyclic) bond motifs is 1. The van der Waals surface area contributed by atoms with Crippen LogP contribution in [0.15, 0.2) is 23.2 Å². The fourth-order valence-corrected chi connectivity index (χ4v) is 2.78. The minimum absolute atomic E-state index is 0. The molecule has 9 heteroatoms. The number of hydrogen-bond acceptors (Lipinski definition) is 5. The van der Waals surface area contributed by atoms with Crippen molar-refractivity contribution >= 4 is 45.5 Å². The van der Waals surface area contributed by atoms with Gasteiger partial charge in [0.15, 0.2) is 27.3 Å². The van der Waals surface area contributed by atoms with Crippen molar-refractivity contribution in [1.29, 1.82) is 0 Å². The highest BCUT2D eigenvalue weighted by molar-refractivity contribution is 14.0. The fourth-order valence-electron chi connectivity index (χ4n) is 2.13. The molecule has 1 aliphatic rings. The second-order valence-corrected chi connectivity index (χ2v) is 7.81. The summed E-state index contributed by atoms with van der Waals surface area (Å²) in [5, 5.41) is 6.26. The van der Waals surface area contributed by atoms with E-state index in [-0.39, 0.29) is 42.0 Å². The van der Waals surface area contributed by atoms with E-state index in [0.29, 0.717) is 31.5 Å². The Morgan fingerprint density at radius 3 is 2.60 bits per heavy atom. The molecule has 0 bridgehead atoms. The highest BCUT2D eigenvalue weighted by atomic mass is 127. The predicted molar refractivity (Wildman–Crippen MR) is 111 cm³/mol. The van der Waals surface area contributed by atoms with Crippen molar-refractivity contribution in [1.82, 2.24) is 5.32 Å². The lowest BCUT2D eigenvalue weighted by molar-refractivity contribution is 0.297. The van der Waals surface area contributed by atoms with Crippen LogP contribution in [0.5, 0.6) is 11.5 Å². The molecule has 25 heavy (non-hydrogen) atoms. The highest BCUT2D eigenvalue weighted by Crippen LogP contribution is 2.32. The molecule has 7 nitrogen and oxygen atoms in total. The molecule has 0 aliphatic carbocycles. The molecule has 0 saturated heterocycles. The van der Waals surface area contributed by atoms with Crippen LogP contribution in [0.4, 0.5) is 5.69 Å². The Morgan fingerprint density at radius 2 is 1.92 bits per heavy atom. The number of aliphatic imine (C=N–C) groups is 1. The van der Waals surface area contributed by atoms with Crippen LogP contribution < -0.4 is 20.1 Å². The van der Waals surface area contributed by atoms with E-state index in [2.05, 4.69) is 15.6 Å². The third-order valence-corrected chi connectivity index (χ3v) is 5.15. The van der Waals surface area contributed by atoms with E-state index in [9.17, 15) is 8.42 Å². The smallest absolute Gasteiger partial charge is 0.195 e. The summed E-state index contributed by atoms with van der Waals surface area (Å²) in [6.07, 6.45) is 0.855. The Balaban J connectivity index is 0.00000312. The molecule has 0 unspecified atom stereocenters. The van der Waals surface area contributed by atoms with Gasteiger partial charge in [-0.05, 0) is 19.1 Å². The van der Waals surface area contributed by atoms with Gasteiger partial charge in [-0.15, -0.1) is 24.0 Å². The quantitative estimate of drug-likeness (QED) is 0.367. The molecular weight excluding hydrogens is 457 g/mol. The Kier molecular flexibility index (Phi) is 9.33. The number of sulfone groups is 1. The van der Waals surface area contributed by atoms with E-state index in [4.69, 9.17) is 9.47 Å². The van der Waals surface area contributed by atoms with Gasteiger partial charge in [-0.2, -0.15) is 0 Å². The highest BCUT2D eigenvalue weighted by Gasteiger charge is 2.11. The van der Waals surface area contributed by atoms with Gasteiger partial charge in [0.2, 0.25) is 0 Å². The van der Waals surface area contributed by atoms with Crippen molar-refractivity contribution < 1.29 is 17.9 Å². The molecule has 2 rings (SSSR count). The van der Waals surface area contributed by atoms with Crippen LogP contribution in [0.1, 0.15) is 20.3 Å². The van der Waals surface area contributed by atoms with E-state index in [1.807, 2.05) is 25.1 Å². The maximum atomic E-state index is 11.5. The molecule has 1 aromatic rings. The van der Waals surface area contributed by atoms with E-state index in [1.165, 1.54) is 0 Å². The number of halogens is 1. The first kappa shape index (κ1) is 21.8. The van der Waals surface area contributed by atoms with Crippen LogP contribution in [0.25, 0.3) is 0 Å². The van der Waals surface area contributed by atoms with Gasteiger partial charge in [-0.1, -0.05) is 6.92 Å². The first-order valence-corrected chi connectivity index (χ1v) is 10.0. The molecule has 1 heterocycles. The van der Waals surface area contributed by atoms with Crippen molar-refractivity contribution in [2.24, 2.45) is 4.99 Å². The lowest BCUT2D eigenvalue weighted by atomic mass is 10.3. The normalized spacial score (nSPS) is 14.2. The number of ether oxygens (including phenoxy) is 2. The van der Waals surface area contributed by atoms with Crippen LogP contribution in [0.2, 0.25) is 0 Å². The summed E-state index contributed by atoms with van der Waals surface area (Å²) in [5.41, 5.74) is 0.803. The maximum absolute atomic E-state index is 11.5. The third kappa shape index (κ3) is 7.27. The molecule has 0 aromatic heterocycles. The maximum Gasteiger partial charge on any atom is 0.195 e. The summed E-state index contributed by atoms with van der Waals surface area (Å²) in [4.78, 5) is 4.32. The zero-order chi connectivity index (χ0) is 17.4. The van der Waals surface area contributed by atoms with Gasteiger partial charge in [-0.3, -0.25) is 4.99 Å². The molecule has 0 saturated carbocycles.